The van der Waals surface area contributed by atoms with Gasteiger partial charge in [-0.25, -0.2) is 0 Å². The van der Waals surface area contributed by atoms with Gasteiger partial charge in [-0.1, -0.05) is 170 Å². The Balaban J connectivity index is 1.02. The molecule has 0 saturated carbocycles. The zero-order chi connectivity index (χ0) is 44.3. The van der Waals surface area contributed by atoms with Crippen molar-refractivity contribution in [3.05, 3.63) is 268 Å². The highest BCUT2D eigenvalue weighted by atomic mass is 79.9. The Morgan fingerprint density at radius 3 is 1.77 bits per heavy atom. The molecule has 64 heavy (non-hydrogen) atoms. The first-order valence-corrected chi connectivity index (χ1v) is 22.5. The maximum atomic E-state index is 6.35. The lowest BCUT2D eigenvalue weighted by Crippen LogP contribution is -2.21. The smallest absolute Gasteiger partial charge is 0.135 e. The Morgan fingerprint density at radius 2 is 1.22 bits per heavy atom. The maximum absolute atomic E-state index is 6.35. The van der Waals surface area contributed by atoms with E-state index in [2.05, 4.69) is 216 Å². The highest BCUT2D eigenvalue weighted by molar-refractivity contribution is 9.09. The second kappa shape index (κ2) is 20.6. The third kappa shape index (κ3) is 9.94. The van der Waals surface area contributed by atoms with Gasteiger partial charge in [-0.15, -0.1) is 0 Å². The van der Waals surface area contributed by atoms with Crippen LogP contribution in [0.2, 0.25) is 0 Å². The molecule has 2 aliphatic rings. The summed E-state index contributed by atoms with van der Waals surface area (Å²) < 4.78 is 6.35. The molecule has 0 N–H and O–H groups in total. The van der Waals surface area contributed by atoms with Crippen molar-refractivity contribution in [2.45, 2.75) is 24.1 Å². The summed E-state index contributed by atoms with van der Waals surface area (Å²) in [7, 11) is 0. The molecule has 0 aliphatic heterocycles. The van der Waals surface area contributed by atoms with Crippen LogP contribution in [0.1, 0.15) is 19.3 Å². The molecular formula is C60H51BrN2O. The van der Waals surface area contributed by atoms with E-state index in [1.807, 2.05) is 48.7 Å². The predicted molar refractivity (Wildman–Crippen MR) is 280 cm³/mol. The van der Waals surface area contributed by atoms with Crippen LogP contribution in [0.3, 0.4) is 0 Å². The van der Waals surface area contributed by atoms with Crippen molar-refractivity contribution in [3.8, 4) is 33.4 Å². The molecule has 5 aromatic carbocycles. The van der Waals surface area contributed by atoms with E-state index in [9.17, 15) is 0 Å². The second-order valence-electron chi connectivity index (χ2n) is 15.5. The lowest BCUT2D eigenvalue weighted by Gasteiger charge is -2.29. The van der Waals surface area contributed by atoms with Crippen LogP contribution in [-0.2, 0) is 0 Å². The summed E-state index contributed by atoms with van der Waals surface area (Å²) in [6.07, 6.45) is 39.6. The van der Waals surface area contributed by atoms with Gasteiger partial charge in [0.05, 0.1) is 0 Å². The average molecular weight is 896 g/mol. The Kier molecular flexibility index (Phi) is 14.0. The molecule has 0 amide bonds. The average Bonchev–Trinajstić information content (AvgIpc) is 3.72. The largest absolute Gasteiger partial charge is 0.456 e. The summed E-state index contributed by atoms with van der Waals surface area (Å²) in [5.74, 6) is 0. The topological polar surface area (TPSA) is 19.6 Å². The number of allylic oxidation sites excluding steroid dienone is 19. The third-order valence-electron chi connectivity index (χ3n) is 11.4. The molecule has 0 fully saturated rings. The minimum atomic E-state index is 0.378. The van der Waals surface area contributed by atoms with Crippen LogP contribution in [0.25, 0.3) is 55.3 Å². The number of anilines is 2. The molecule has 0 bridgehead atoms. The summed E-state index contributed by atoms with van der Waals surface area (Å²) >= 11 is 3.67. The molecule has 4 heteroatoms. The fourth-order valence-electron chi connectivity index (χ4n) is 8.07. The molecule has 314 valence electrons. The van der Waals surface area contributed by atoms with E-state index < -0.39 is 0 Å². The molecule has 1 atom stereocenters. The fraction of sp³-hybridized carbons (Fsp3) is 0.0667. The maximum Gasteiger partial charge on any atom is 0.135 e. The number of halogens is 1. The van der Waals surface area contributed by atoms with Crippen LogP contribution in [0.4, 0.5) is 11.4 Å². The molecule has 0 spiro atoms. The van der Waals surface area contributed by atoms with Gasteiger partial charge in [0.25, 0.3) is 0 Å². The van der Waals surface area contributed by atoms with Crippen LogP contribution in [0.15, 0.2) is 272 Å². The number of hydrogen-bond donors (Lipinski definition) is 0. The van der Waals surface area contributed by atoms with Gasteiger partial charge in [-0.2, -0.15) is 0 Å². The standard InChI is InChI=1S/C60H51BrN2O/c1-5-9-10-14-40-62(41-15-17-44(7-3)45-24-32-52(61)33-25-45)54-34-26-49(27-35-54)51-31-39-60-58(43-51)57-42-50(30-38-59(57)64-60)48-22-20-46(21-23-48)47-28-36-56(37-29-47)63(53(8-4)16-6-2)55-18-12-11-13-19-55/h5-12,14-18,20-32,34-43,52H,1-4,13,19,33H2. The molecule has 0 radical (unpaired) electrons. The second-order valence-corrected chi connectivity index (χ2v) is 16.7. The molecule has 1 heterocycles. The lowest BCUT2D eigenvalue weighted by atomic mass is 9.98. The van der Waals surface area contributed by atoms with E-state index >= 15 is 0 Å². The first-order chi connectivity index (χ1) is 31.5. The van der Waals surface area contributed by atoms with E-state index in [-0.39, 0.29) is 0 Å². The molecule has 8 rings (SSSR count). The number of fused-ring (bicyclic) bond motifs is 3. The predicted octanol–water partition coefficient (Wildman–Crippen LogP) is 17.2. The van der Waals surface area contributed by atoms with Crippen molar-refractivity contribution < 1.29 is 4.42 Å². The van der Waals surface area contributed by atoms with Gasteiger partial charge in [0.1, 0.15) is 11.2 Å². The van der Waals surface area contributed by atoms with Gasteiger partial charge in [-0.05, 0) is 143 Å². The lowest BCUT2D eigenvalue weighted by molar-refractivity contribution is 0.669. The summed E-state index contributed by atoms with van der Waals surface area (Å²) in [6.45, 7) is 15.9. The highest BCUT2D eigenvalue weighted by Crippen LogP contribution is 2.37. The zero-order valence-electron chi connectivity index (χ0n) is 36.0. The van der Waals surface area contributed by atoms with Crippen molar-refractivity contribution in [3.63, 3.8) is 0 Å². The minimum Gasteiger partial charge on any atom is -0.456 e. The minimum absolute atomic E-state index is 0.378. The SMILES string of the molecule is C=CC=CC=CN(C=CC=C(C=C)C1=CCC(Br)C=C1)c1ccc(-c2ccc3oc4ccc(-c5ccc(-c6ccc(N(C(C=C)=CC=C)C7=CC=CCC7)cc6)cc5)cc4c3c2)cc1. The Labute approximate surface area is 386 Å². The molecule has 0 saturated heterocycles. The Morgan fingerprint density at radius 1 is 0.625 bits per heavy atom. The van der Waals surface area contributed by atoms with Gasteiger partial charge in [-0.3, -0.25) is 0 Å². The summed E-state index contributed by atoms with van der Waals surface area (Å²) in [4.78, 5) is 4.75. The molecular weight excluding hydrogens is 845 g/mol. The zero-order valence-corrected chi connectivity index (χ0v) is 37.6. The van der Waals surface area contributed by atoms with Crippen molar-refractivity contribution >= 4 is 49.2 Å². The quantitative estimate of drug-likeness (QED) is 0.0713. The first kappa shape index (κ1) is 43.3. The Bertz CT molecular complexity index is 2980. The molecule has 6 aromatic rings. The van der Waals surface area contributed by atoms with Crippen LogP contribution < -0.4 is 9.80 Å². The fourth-order valence-corrected chi connectivity index (χ4v) is 8.41. The normalized spacial score (nSPS) is 15.5. The summed E-state index contributed by atoms with van der Waals surface area (Å²) in [5, 5.41) is 2.18. The van der Waals surface area contributed by atoms with Crippen LogP contribution >= 0.6 is 15.9 Å². The van der Waals surface area contributed by atoms with Gasteiger partial charge in [0, 0.05) is 50.8 Å². The highest BCUT2D eigenvalue weighted by Gasteiger charge is 2.17. The van der Waals surface area contributed by atoms with Gasteiger partial charge in [0.2, 0.25) is 0 Å². The van der Waals surface area contributed by atoms with Crippen LogP contribution in [-0.4, -0.2) is 4.83 Å². The van der Waals surface area contributed by atoms with Crippen molar-refractivity contribution in [2.75, 3.05) is 9.80 Å². The number of alkyl halides is 1. The first-order valence-electron chi connectivity index (χ1n) is 21.6. The van der Waals surface area contributed by atoms with Crippen LogP contribution in [0, 0.1) is 0 Å². The van der Waals surface area contributed by atoms with Crippen LogP contribution in [0.5, 0.6) is 0 Å². The summed E-state index contributed by atoms with van der Waals surface area (Å²) in [5.41, 5.74) is 15.2. The molecule has 2 aliphatic carbocycles. The van der Waals surface area contributed by atoms with Gasteiger partial charge >= 0.3 is 0 Å². The Hall–Kier alpha value is -7.40. The number of benzene rings is 5. The number of rotatable bonds is 16. The number of furan rings is 1. The van der Waals surface area contributed by atoms with E-state index in [4.69, 9.17) is 4.42 Å². The summed E-state index contributed by atoms with van der Waals surface area (Å²) in [6, 6.07) is 39.2. The van der Waals surface area contributed by atoms with E-state index in [1.165, 1.54) is 11.3 Å². The molecule has 1 unspecified atom stereocenters. The van der Waals surface area contributed by atoms with Gasteiger partial charge < -0.3 is 14.2 Å². The van der Waals surface area contributed by atoms with Crippen molar-refractivity contribution in [1.29, 1.82) is 0 Å². The van der Waals surface area contributed by atoms with Crippen molar-refractivity contribution in [2.24, 2.45) is 0 Å². The third-order valence-corrected chi connectivity index (χ3v) is 12.1. The van der Waals surface area contributed by atoms with Crippen molar-refractivity contribution in [1.82, 2.24) is 0 Å². The van der Waals surface area contributed by atoms with E-state index in [0.29, 0.717) is 4.83 Å². The monoisotopic (exact) mass is 894 g/mol. The van der Waals surface area contributed by atoms with E-state index in [0.717, 1.165) is 97.2 Å². The van der Waals surface area contributed by atoms with E-state index in [1.54, 1.807) is 6.08 Å². The number of hydrogen-bond acceptors (Lipinski definition) is 3. The molecule has 3 nitrogen and oxygen atoms in total. The molecule has 1 aromatic heterocycles. The number of nitrogens with zero attached hydrogens (tertiary/aromatic N) is 2. The van der Waals surface area contributed by atoms with Gasteiger partial charge in [0.15, 0.2) is 0 Å².